The molecule has 1 saturated heterocycles. The van der Waals surface area contributed by atoms with Gasteiger partial charge in [0.25, 0.3) is 5.91 Å². The average Bonchev–Trinajstić information content (AvgIpc) is 3.04. The van der Waals surface area contributed by atoms with E-state index in [9.17, 15) is 4.79 Å². The van der Waals surface area contributed by atoms with Crippen LogP contribution >= 0.6 is 11.3 Å². The molecular weight excluding hydrogens is 286 g/mol. The molecule has 1 aromatic rings. The third-order valence-corrected chi connectivity index (χ3v) is 5.03. The molecule has 21 heavy (non-hydrogen) atoms. The number of carbonyl (C=O) groups is 1. The SMILES string of the molecule is CCOC(C)c1nc(C(=O)N2CC(C)C(N(C)C)C2)cs1. The molecule has 0 N–H and O–H groups in total. The molecular formula is C15H25N3O2S. The molecule has 0 aromatic carbocycles. The van der Waals surface area contributed by atoms with E-state index in [0.717, 1.165) is 18.1 Å². The van der Waals surface area contributed by atoms with E-state index in [4.69, 9.17) is 4.74 Å². The standard InChI is InChI=1S/C15H25N3O2S/c1-6-20-11(3)14-16-12(9-21-14)15(19)18-7-10(2)13(8-18)17(4)5/h9-11,13H,6-8H2,1-5H3. The first-order valence-corrected chi connectivity index (χ1v) is 8.34. The van der Waals surface area contributed by atoms with Crippen molar-refractivity contribution in [1.29, 1.82) is 0 Å². The highest BCUT2D eigenvalue weighted by molar-refractivity contribution is 7.09. The number of aromatic nitrogens is 1. The summed E-state index contributed by atoms with van der Waals surface area (Å²) in [6, 6.07) is 0.425. The predicted molar refractivity (Wildman–Crippen MR) is 84.7 cm³/mol. The molecule has 0 bridgehead atoms. The number of hydrogen-bond acceptors (Lipinski definition) is 5. The maximum atomic E-state index is 12.6. The van der Waals surface area contributed by atoms with Crippen LogP contribution in [0.1, 0.15) is 42.4 Å². The summed E-state index contributed by atoms with van der Waals surface area (Å²) in [5, 5.41) is 2.72. The van der Waals surface area contributed by atoms with Crippen molar-refractivity contribution in [3.8, 4) is 0 Å². The molecule has 3 atom stereocenters. The third-order valence-electron chi connectivity index (χ3n) is 4.03. The lowest BCUT2D eigenvalue weighted by Crippen LogP contribution is -2.35. The minimum Gasteiger partial charge on any atom is -0.372 e. The Morgan fingerprint density at radius 3 is 2.86 bits per heavy atom. The first-order valence-electron chi connectivity index (χ1n) is 7.46. The highest BCUT2D eigenvalue weighted by atomic mass is 32.1. The van der Waals surface area contributed by atoms with Crippen LogP contribution in [0.15, 0.2) is 5.38 Å². The maximum absolute atomic E-state index is 12.6. The monoisotopic (exact) mass is 311 g/mol. The highest BCUT2D eigenvalue weighted by Crippen LogP contribution is 2.25. The van der Waals surface area contributed by atoms with Crippen molar-refractivity contribution >= 4 is 17.2 Å². The summed E-state index contributed by atoms with van der Waals surface area (Å²) in [4.78, 5) is 21.1. The maximum Gasteiger partial charge on any atom is 0.273 e. The number of ether oxygens (including phenoxy) is 1. The Labute approximate surface area is 130 Å². The number of nitrogens with zero attached hydrogens (tertiary/aromatic N) is 3. The minimum atomic E-state index is -0.0476. The molecule has 5 nitrogen and oxygen atoms in total. The summed E-state index contributed by atoms with van der Waals surface area (Å²) in [5.74, 6) is 0.529. The Morgan fingerprint density at radius 2 is 2.29 bits per heavy atom. The van der Waals surface area contributed by atoms with Gasteiger partial charge in [0, 0.05) is 31.1 Å². The second-order valence-electron chi connectivity index (χ2n) is 5.89. The van der Waals surface area contributed by atoms with Crippen molar-refractivity contribution in [2.24, 2.45) is 5.92 Å². The Morgan fingerprint density at radius 1 is 1.57 bits per heavy atom. The van der Waals surface area contributed by atoms with Gasteiger partial charge in [-0.25, -0.2) is 4.98 Å². The molecule has 6 heteroatoms. The van der Waals surface area contributed by atoms with Crippen molar-refractivity contribution in [3.63, 3.8) is 0 Å². The number of carbonyl (C=O) groups excluding carboxylic acids is 1. The number of hydrogen-bond donors (Lipinski definition) is 0. The van der Waals surface area contributed by atoms with E-state index in [0.29, 0.717) is 24.3 Å². The van der Waals surface area contributed by atoms with Crippen LogP contribution in [0, 0.1) is 5.92 Å². The van der Waals surface area contributed by atoms with Gasteiger partial charge in [-0.15, -0.1) is 11.3 Å². The molecule has 1 fully saturated rings. The molecule has 1 aliphatic heterocycles. The molecule has 1 aliphatic rings. The van der Waals surface area contributed by atoms with Crippen LogP contribution in [-0.4, -0.2) is 60.5 Å². The van der Waals surface area contributed by atoms with E-state index in [2.05, 4.69) is 30.9 Å². The summed E-state index contributed by atoms with van der Waals surface area (Å²) in [6.45, 7) is 8.36. The van der Waals surface area contributed by atoms with Crippen LogP contribution in [0.2, 0.25) is 0 Å². The van der Waals surface area contributed by atoms with Gasteiger partial charge in [0.05, 0.1) is 0 Å². The Balaban J connectivity index is 2.04. The fourth-order valence-corrected chi connectivity index (χ4v) is 3.64. The van der Waals surface area contributed by atoms with Crippen molar-refractivity contribution in [2.45, 2.75) is 32.9 Å². The summed E-state index contributed by atoms with van der Waals surface area (Å²) in [6.07, 6.45) is -0.0476. The topological polar surface area (TPSA) is 45.7 Å². The van der Waals surface area contributed by atoms with Gasteiger partial charge in [-0.1, -0.05) is 6.92 Å². The van der Waals surface area contributed by atoms with Gasteiger partial charge in [0.15, 0.2) is 0 Å². The van der Waals surface area contributed by atoms with Crippen LogP contribution < -0.4 is 0 Å². The quantitative estimate of drug-likeness (QED) is 0.837. The predicted octanol–water partition coefficient (Wildman–Crippen LogP) is 2.26. The van der Waals surface area contributed by atoms with Gasteiger partial charge in [-0.3, -0.25) is 4.79 Å². The fraction of sp³-hybridized carbons (Fsp3) is 0.733. The second kappa shape index (κ2) is 6.85. The Hall–Kier alpha value is -0.980. The number of rotatable bonds is 5. The molecule has 1 aromatic heterocycles. The lowest BCUT2D eigenvalue weighted by Gasteiger charge is -2.22. The second-order valence-corrected chi connectivity index (χ2v) is 6.78. The zero-order valence-corrected chi connectivity index (χ0v) is 14.3. The first-order chi connectivity index (χ1) is 9.93. The molecule has 2 heterocycles. The Kier molecular flexibility index (Phi) is 5.35. The molecule has 0 radical (unpaired) electrons. The molecule has 1 amide bonds. The average molecular weight is 311 g/mol. The summed E-state index contributed by atoms with van der Waals surface area (Å²) < 4.78 is 5.53. The number of likely N-dealkylation sites (N-methyl/N-ethyl adjacent to an activating group) is 1. The first kappa shape index (κ1) is 16.4. The van der Waals surface area contributed by atoms with Crippen LogP contribution in [0.3, 0.4) is 0 Å². The van der Waals surface area contributed by atoms with E-state index in [1.165, 1.54) is 11.3 Å². The molecule has 0 saturated carbocycles. The van der Waals surface area contributed by atoms with Crippen molar-refractivity contribution in [3.05, 3.63) is 16.1 Å². The minimum absolute atomic E-state index is 0.0393. The summed E-state index contributed by atoms with van der Waals surface area (Å²) in [5.41, 5.74) is 0.549. The van der Waals surface area contributed by atoms with Crippen molar-refractivity contribution in [2.75, 3.05) is 33.8 Å². The summed E-state index contributed by atoms with van der Waals surface area (Å²) >= 11 is 1.50. The van der Waals surface area contributed by atoms with E-state index in [1.807, 2.05) is 24.1 Å². The van der Waals surface area contributed by atoms with E-state index < -0.39 is 0 Å². The fourth-order valence-electron chi connectivity index (χ4n) is 2.84. The lowest BCUT2D eigenvalue weighted by molar-refractivity contribution is 0.0743. The largest absolute Gasteiger partial charge is 0.372 e. The summed E-state index contributed by atoms with van der Waals surface area (Å²) in [7, 11) is 4.14. The van der Waals surface area contributed by atoms with Crippen LogP contribution in [-0.2, 0) is 4.74 Å². The van der Waals surface area contributed by atoms with E-state index in [1.54, 1.807) is 0 Å². The molecule has 0 aliphatic carbocycles. The molecule has 0 spiro atoms. The van der Waals surface area contributed by atoms with Crippen LogP contribution in [0.25, 0.3) is 0 Å². The lowest BCUT2D eigenvalue weighted by atomic mass is 10.1. The van der Waals surface area contributed by atoms with Gasteiger partial charge < -0.3 is 14.5 Å². The molecule has 118 valence electrons. The van der Waals surface area contributed by atoms with Gasteiger partial charge in [0.2, 0.25) is 0 Å². The van der Waals surface area contributed by atoms with Gasteiger partial charge in [-0.05, 0) is 33.9 Å². The van der Waals surface area contributed by atoms with E-state index in [-0.39, 0.29) is 12.0 Å². The van der Waals surface area contributed by atoms with Crippen LogP contribution in [0.5, 0.6) is 0 Å². The smallest absolute Gasteiger partial charge is 0.273 e. The zero-order chi connectivity index (χ0) is 15.6. The normalized spacial score (nSPS) is 23.8. The molecule has 2 rings (SSSR count). The van der Waals surface area contributed by atoms with Gasteiger partial charge in [-0.2, -0.15) is 0 Å². The number of amides is 1. The van der Waals surface area contributed by atoms with Crippen molar-refractivity contribution < 1.29 is 9.53 Å². The van der Waals surface area contributed by atoms with Gasteiger partial charge >= 0.3 is 0 Å². The molecule has 3 unspecified atom stereocenters. The highest BCUT2D eigenvalue weighted by Gasteiger charge is 2.34. The Bertz CT molecular complexity index is 489. The van der Waals surface area contributed by atoms with Crippen molar-refractivity contribution in [1.82, 2.24) is 14.8 Å². The van der Waals surface area contributed by atoms with E-state index >= 15 is 0 Å². The zero-order valence-electron chi connectivity index (χ0n) is 13.5. The third kappa shape index (κ3) is 3.62. The van der Waals surface area contributed by atoms with Crippen LogP contribution in [0.4, 0.5) is 0 Å². The number of thiazole rings is 1. The number of likely N-dealkylation sites (tertiary alicyclic amines) is 1. The van der Waals surface area contributed by atoms with Gasteiger partial charge in [0.1, 0.15) is 16.8 Å².